The van der Waals surface area contributed by atoms with Crippen LogP contribution in [-0.2, 0) is 0 Å². The van der Waals surface area contributed by atoms with Gasteiger partial charge in [0.25, 0.3) is 0 Å². The van der Waals surface area contributed by atoms with Gasteiger partial charge in [-0.15, -0.1) is 0 Å². The van der Waals surface area contributed by atoms with E-state index >= 15 is 0 Å². The lowest BCUT2D eigenvalue weighted by atomic mass is 10.0. The van der Waals surface area contributed by atoms with E-state index in [1.54, 1.807) is 19.1 Å². The van der Waals surface area contributed by atoms with Gasteiger partial charge in [0.15, 0.2) is 0 Å². The number of likely N-dealkylation sites (N-methyl/N-ethyl adjacent to an activating group) is 1. The van der Waals surface area contributed by atoms with Crippen LogP contribution in [-0.4, -0.2) is 37.6 Å². The van der Waals surface area contributed by atoms with Crippen molar-refractivity contribution in [2.24, 2.45) is 5.73 Å². The van der Waals surface area contributed by atoms with E-state index in [-0.39, 0.29) is 11.9 Å². The van der Waals surface area contributed by atoms with Gasteiger partial charge in [0.05, 0.1) is 0 Å². The zero-order valence-electron chi connectivity index (χ0n) is 12.2. The maximum absolute atomic E-state index is 13.6. The van der Waals surface area contributed by atoms with Crippen LogP contribution in [0, 0.1) is 12.7 Å². The summed E-state index contributed by atoms with van der Waals surface area (Å²) in [6, 6.07) is 5.35. The predicted octanol–water partition coefficient (Wildman–Crippen LogP) is 2.07. The Morgan fingerprint density at radius 3 is 2.53 bits per heavy atom. The molecule has 3 nitrogen and oxygen atoms in total. The first-order valence-corrected chi connectivity index (χ1v) is 7.04. The minimum atomic E-state index is -0.165. The Bertz CT molecular complexity index is 378. The highest BCUT2D eigenvalue weighted by Crippen LogP contribution is 2.15. The summed E-state index contributed by atoms with van der Waals surface area (Å²) in [6.45, 7) is 10.5. The van der Waals surface area contributed by atoms with E-state index in [9.17, 15) is 4.39 Å². The zero-order valence-corrected chi connectivity index (χ0v) is 12.2. The Kier molecular flexibility index (Phi) is 6.99. The van der Waals surface area contributed by atoms with Crippen LogP contribution >= 0.6 is 0 Å². The zero-order chi connectivity index (χ0) is 14.3. The predicted molar refractivity (Wildman–Crippen MR) is 78.7 cm³/mol. The summed E-state index contributed by atoms with van der Waals surface area (Å²) in [6.07, 6.45) is 0. The van der Waals surface area contributed by atoms with Gasteiger partial charge in [-0.2, -0.15) is 0 Å². The van der Waals surface area contributed by atoms with E-state index in [2.05, 4.69) is 24.1 Å². The maximum atomic E-state index is 13.6. The molecule has 0 amide bonds. The molecule has 0 spiro atoms. The summed E-state index contributed by atoms with van der Waals surface area (Å²) in [7, 11) is 0. The molecule has 1 atom stereocenters. The second-order valence-electron chi connectivity index (χ2n) is 4.78. The van der Waals surface area contributed by atoms with Crippen LogP contribution in [0.25, 0.3) is 0 Å². The molecular formula is C15H26FN3. The number of nitrogens with one attached hydrogen (secondary N) is 1. The molecule has 3 N–H and O–H groups in total. The van der Waals surface area contributed by atoms with Crippen LogP contribution in [0.4, 0.5) is 4.39 Å². The summed E-state index contributed by atoms with van der Waals surface area (Å²) < 4.78 is 13.6. The topological polar surface area (TPSA) is 41.3 Å². The largest absolute Gasteiger partial charge is 0.329 e. The molecule has 4 heteroatoms. The lowest BCUT2D eigenvalue weighted by molar-refractivity contribution is 0.297. The van der Waals surface area contributed by atoms with Crippen LogP contribution < -0.4 is 11.1 Å². The molecular weight excluding hydrogens is 241 g/mol. The number of halogens is 1. The molecule has 0 radical (unpaired) electrons. The highest BCUT2D eigenvalue weighted by molar-refractivity contribution is 5.26. The van der Waals surface area contributed by atoms with Crippen molar-refractivity contribution in [3.05, 3.63) is 35.1 Å². The number of benzene rings is 1. The van der Waals surface area contributed by atoms with Gasteiger partial charge in [0.2, 0.25) is 0 Å². The third-order valence-corrected chi connectivity index (χ3v) is 3.55. The van der Waals surface area contributed by atoms with Crippen LogP contribution in [0.1, 0.15) is 31.0 Å². The van der Waals surface area contributed by atoms with Crippen molar-refractivity contribution in [2.75, 3.05) is 32.7 Å². The fraction of sp³-hybridized carbons (Fsp3) is 0.600. The monoisotopic (exact) mass is 267 g/mol. The number of hydrogen-bond acceptors (Lipinski definition) is 3. The molecule has 1 aromatic rings. The number of rotatable bonds is 8. The average molecular weight is 267 g/mol. The standard InChI is InChI=1S/C15H26FN3/c1-4-19(5-2)9-8-18-15(11-17)13-7-6-12(3)14(16)10-13/h6-7,10,15,18H,4-5,8-9,11,17H2,1-3H3. The molecule has 0 heterocycles. The molecule has 1 aromatic carbocycles. The number of nitrogens with zero attached hydrogens (tertiary/aromatic N) is 1. The van der Waals surface area contributed by atoms with Crippen molar-refractivity contribution in [1.29, 1.82) is 0 Å². The second-order valence-corrected chi connectivity index (χ2v) is 4.78. The highest BCUT2D eigenvalue weighted by atomic mass is 19.1. The Labute approximate surface area is 116 Å². The van der Waals surface area contributed by atoms with Crippen molar-refractivity contribution < 1.29 is 4.39 Å². The lowest BCUT2D eigenvalue weighted by Crippen LogP contribution is -2.36. The minimum absolute atomic E-state index is 0.0191. The Morgan fingerprint density at radius 2 is 2.00 bits per heavy atom. The van der Waals surface area contributed by atoms with Gasteiger partial charge in [-0.25, -0.2) is 4.39 Å². The molecule has 0 saturated carbocycles. The fourth-order valence-electron chi connectivity index (χ4n) is 2.10. The molecule has 1 unspecified atom stereocenters. The molecule has 0 saturated heterocycles. The first-order chi connectivity index (χ1) is 9.12. The van der Waals surface area contributed by atoms with Crippen LogP contribution in [0.15, 0.2) is 18.2 Å². The molecule has 1 rings (SSSR count). The summed E-state index contributed by atoms with van der Waals surface area (Å²) >= 11 is 0. The van der Waals surface area contributed by atoms with Crippen molar-refractivity contribution in [3.63, 3.8) is 0 Å². The van der Waals surface area contributed by atoms with E-state index in [4.69, 9.17) is 5.73 Å². The van der Waals surface area contributed by atoms with Crippen molar-refractivity contribution >= 4 is 0 Å². The Balaban J connectivity index is 2.55. The van der Waals surface area contributed by atoms with Gasteiger partial charge in [-0.3, -0.25) is 0 Å². The first kappa shape index (κ1) is 16.1. The third-order valence-electron chi connectivity index (χ3n) is 3.55. The first-order valence-electron chi connectivity index (χ1n) is 7.04. The summed E-state index contributed by atoms with van der Waals surface area (Å²) in [5.41, 5.74) is 7.37. The maximum Gasteiger partial charge on any atom is 0.126 e. The molecule has 0 aliphatic rings. The Morgan fingerprint density at radius 1 is 1.32 bits per heavy atom. The van der Waals surface area contributed by atoms with Crippen LogP contribution in [0.3, 0.4) is 0 Å². The quantitative estimate of drug-likeness (QED) is 0.757. The Hall–Kier alpha value is -0.970. The molecule has 0 bridgehead atoms. The van der Waals surface area contributed by atoms with Crippen molar-refractivity contribution in [1.82, 2.24) is 10.2 Å². The van der Waals surface area contributed by atoms with E-state index in [0.717, 1.165) is 31.7 Å². The fourth-order valence-corrected chi connectivity index (χ4v) is 2.10. The van der Waals surface area contributed by atoms with Crippen LogP contribution in [0.2, 0.25) is 0 Å². The van der Waals surface area contributed by atoms with E-state index in [1.807, 2.05) is 6.07 Å². The average Bonchev–Trinajstić information content (AvgIpc) is 2.42. The lowest BCUT2D eigenvalue weighted by Gasteiger charge is -2.22. The summed E-state index contributed by atoms with van der Waals surface area (Å²) in [4.78, 5) is 2.34. The number of aryl methyl sites for hydroxylation is 1. The summed E-state index contributed by atoms with van der Waals surface area (Å²) in [5.74, 6) is -0.165. The smallest absolute Gasteiger partial charge is 0.126 e. The van der Waals surface area contributed by atoms with Crippen molar-refractivity contribution in [3.8, 4) is 0 Å². The van der Waals surface area contributed by atoms with E-state index in [1.165, 1.54) is 0 Å². The third kappa shape index (κ3) is 4.90. The SMILES string of the molecule is CCN(CC)CCNC(CN)c1ccc(C)c(F)c1. The normalized spacial score (nSPS) is 12.9. The van der Waals surface area contributed by atoms with Gasteiger partial charge in [0, 0.05) is 25.7 Å². The highest BCUT2D eigenvalue weighted by Gasteiger charge is 2.11. The summed E-state index contributed by atoms with van der Waals surface area (Å²) in [5, 5.41) is 3.40. The second kappa shape index (κ2) is 8.25. The molecule has 0 aliphatic heterocycles. The van der Waals surface area contributed by atoms with E-state index in [0.29, 0.717) is 12.1 Å². The molecule has 0 fully saturated rings. The molecule has 108 valence electrons. The van der Waals surface area contributed by atoms with Gasteiger partial charge >= 0.3 is 0 Å². The van der Waals surface area contributed by atoms with Gasteiger partial charge in [0.1, 0.15) is 5.82 Å². The molecule has 0 aliphatic carbocycles. The van der Waals surface area contributed by atoms with Gasteiger partial charge < -0.3 is 16.0 Å². The van der Waals surface area contributed by atoms with E-state index < -0.39 is 0 Å². The molecule has 19 heavy (non-hydrogen) atoms. The number of nitrogens with two attached hydrogens (primary N) is 1. The van der Waals surface area contributed by atoms with Gasteiger partial charge in [-0.1, -0.05) is 26.0 Å². The van der Waals surface area contributed by atoms with Gasteiger partial charge in [-0.05, 0) is 37.2 Å². The number of hydrogen-bond donors (Lipinski definition) is 2. The van der Waals surface area contributed by atoms with Crippen molar-refractivity contribution in [2.45, 2.75) is 26.8 Å². The van der Waals surface area contributed by atoms with Crippen LogP contribution in [0.5, 0.6) is 0 Å². The molecule has 0 aromatic heterocycles. The minimum Gasteiger partial charge on any atom is -0.329 e.